The average Bonchev–Trinajstić information content (AvgIpc) is 3.00. The van der Waals surface area contributed by atoms with Gasteiger partial charge in [-0.15, -0.1) is 0 Å². The van der Waals surface area contributed by atoms with Crippen molar-refractivity contribution in [3.8, 4) is 5.75 Å². The van der Waals surface area contributed by atoms with Gasteiger partial charge in [-0.2, -0.15) is 13.2 Å². The third kappa shape index (κ3) is 6.13. The molecule has 1 aromatic carbocycles. The van der Waals surface area contributed by atoms with Crippen molar-refractivity contribution < 1.29 is 41.8 Å². The first-order valence-corrected chi connectivity index (χ1v) is 8.76. The Bertz CT molecular complexity index is 946. The van der Waals surface area contributed by atoms with Gasteiger partial charge in [0.15, 0.2) is 0 Å². The molecule has 164 valence electrons. The van der Waals surface area contributed by atoms with Crippen LogP contribution in [-0.2, 0) is 25.5 Å². The van der Waals surface area contributed by atoms with E-state index in [1.165, 1.54) is 18.3 Å². The molecule has 2 N–H and O–H groups in total. The zero-order chi connectivity index (χ0) is 22.7. The summed E-state index contributed by atoms with van der Waals surface area (Å²) in [6, 6.07) is 2.97. The van der Waals surface area contributed by atoms with Gasteiger partial charge in [-0.1, -0.05) is 0 Å². The van der Waals surface area contributed by atoms with Crippen LogP contribution in [-0.4, -0.2) is 47.9 Å². The van der Waals surface area contributed by atoms with Gasteiger partial charge in [0.05, 0.1) is 7.11 Å². The van der Waals surface area contributed by atoms with Crippen molar-refractivity contribution in [1.29, 1.82) is 0 Å². The van der Waals surface area contributed by atoms with Crippen molar-refractivity contribution in [3.05, 3.63) is 30.0 Å². The van der Waals surface area contributed by atoms with E-state index in [1.807, 2.05) is 0 Å². The van der Waals surface area contributed by atoms with Crippen molar-refractivity contribution >= 4 is 28.9 Å². The van der Waals surface area contributed by atoms with Gasteiger partial charge in [0.2, 0.25) is 0 Å². The molecule has 0 saturated carbocycles. The molecule has 0 fully saturated rings. The maximum atomic E-state index is 12.6. The molecule has 0 unspecified atom stereocenters. The number of carbonyl (C=O) groups excluding carboxylic acids is 3. The summed E-state index contributed by atoms with van der Waals surface area (Å²) in [5.41, 5.74) is 0.218. The lowest BCUT2D eigenvalue weighted by molar-refractivity contribution is -0.175. The smallest absolute Gasteiger partial charge is 0.467 e. The molecule has 0 aliphatic rings. The number of rotatable bonds is 5. The highest BCUT2D eigenvalue weighted by Gasteiger charge is 2.41. The SMILES string of the molecule is COC(=O)[C@H](Cc1c[nH]c2ccc(OC(=O)OC(C)(C)C)cc12)NC(=O)C(F)(F)F. The van der Waals surface area contributed by atoms with Crippen LogP contribution < -0.4 is 10.1 Å². The zero-order valence-electron chi connectivity index (χ0n) is 16.7. The number of alkyl halides is 3. The molecular formula is C19H21F3N2O6. The highest BCUT2D eigenvalue weighted by molar-refractivity contribution is 5.89. The normalized spacial score (nSPS) is 12.9. The summed E-state index contributed by atoms with van der Waals surface area (Å²) >= 11 is 0. The van der Waals surface area contributed by atoms with Gasteiger partial charge >= 0.3 is 24.2 Å². The summed E-state index contributed by atoms with van der Waals surface area (Å²) < 4.78 is 52.4. The van der Waals surface area contributed by atoms with E-state index in [2.05, 4.69) is 9.72 Å². The first-order valence-electron chi connectivity index (χ1n) is 8.76. The number of benzene rings is 1. The van der Waals surface area contributed by atoms with E-state index in [1.54, 1.807) is 32.2 Å². The molecule has 0 aliphatic carbocycles. The number of H-pyrrole nitrogens is 1. The molecule has 2 aromatic rings. The van der Waals surface area contributed by atoms with Gasteiger partial charge in [-0.25, -0.2) is 9.59 Å². The minimum Gasteiger partial charge on any atom is -0.467 e. The lowest BCUT2D eigenvalue weighted by Crippen LogP contribution is -2.48. The summed E-state index contributed by atoms with van der Waals surface area (Å²) in [4.78, 5) is 37.9. The number of hydrogen-bond donors (Lipinski definition) is 2. The van der Waals surface area contributed by atoms with Gasteiger partial charge in [0, 0.05) is 23.5 Å². The lowest BCUT2D eigenvalue weighted by atomic mass is 10.0. The van der Waals surface area contributed by atoms with E-state index in [-0.39, 0.29) is 12.2 Å². The summed E-state index contributed by atoms with van der Waals surface area (Å²) in [5.74, 6) is -3.17. The van der Waals surface area contributed by atoms with Crippen LogP contribution in [0.5, 0.6) is 5.75 Å². The van der Waals surface area contributed by atoms with Crippen molar-refractivity contribution in [3.63, 3.8) is 0 Å². The molecule has 1 amide bonds. The number of hydrogen-bond acceptors (Lipinski definition) is 6. The number of carbonyl (C=O) groups is 3. The molecular weight excluding hydrogens is 409 g/mol. The fourth-order valence-corrected chi connectivity index (χ4v) is 2.55. The van der Waals surface area contributed by atoms with Crippen LogP contribution in [0.2, 0.25) is 0 Å². The Kier molecular flexibility index (Phi) is 6.63. The van der Waals surface area contributed by atoms with Crippen LogP contribution in [0.15, 0.2) is 24.4 Å². The number of aromatic nitrogens is 1. The molecule has 30 heavy (non-hydrogen) atoms. The van der Waals surface area contributed by atoms with Gasteiger partial charge in [0.1, 0.15) is 17.4 Å². The minimum absolute atomic E-state index is 0.131. The maximum Gasteiger partial charge on any atom is 0.514 e. The second kappa shape index (κ2) is 8.64. The first-order chi connectivity index (χ1) is 13.8. The Morgan fingerprint density at radius 2 is 1.83 bits per heavy atom. The topological polar surface area (TPSA) is 107 Å². The Hall–Kier alpha value is -3.24. The molecule has 0 aliphatic heterocycles. The van der Waals surface area contributed by atoms with Crippen LogP contribution in [0.3, 0.4) is 0 Å². The summed E-state index contributed by atoms with van der Waals surface area (Å²) in [6.07, 6.45) is -4.90. The molecule has 1 heterocycles. The Morgan fingerprint density at radius 1 is 1.17 bits per heavy atom. The van der Waals surface area contributed by atoms with Crippen molar-refractivity contribution in [2.75, 3.05) is 7.11 Å². The number of methoxy groups -OCH3 is 1. The first kappa shape index (κ1) is 23.0. The van der Waals surface area contributed by atoms with Gasteiger partial charge in [0.25, 0.3) is 0 Å². The number of halogens is 3. The van der Waals surface area contributed by atoms with Gasteiger partial charge in [-0.3, -0.25) is 4.79 Å². The van der Waals surface area contributed by atoms with Crippen LogP contribution >= 0.6 is 0 Å². The van der Waals surface area contributed by atoms with Crippen LogP contribution in [0.25, 0.3) is 10.9 Å². The Morgan fingerprint density at radius 3 is 2.40 bits per heavy atom. The van der Waals surface area contributed by atoms with Gasteiger partial charge in [-0.05, 0) is 44.5 Å². The summed E-state index contributed by atoms with van der Waals surface area (Å²) in [6.45, 7) is 5.01. The second-order valence-corrected chi connectivity index (χ2v) is 7.34. The van der Waals surface area contributed by atoms with Crippen LogP contribution in [0, 0.1) is 0 Å². The molecule has 1 atom stereocenters. The van der Waals surface area contributed by atoms with Gasteiger partial charge < -0.3 is 24.5 Å². The summed E-state index contributed by atoms with van der Waals surface area (Å²) in [7, 11) is 0.997. The quantitative estimate of drug-likeness (QED) is 0.557. The third-order valence-corrected chi connectivity index (χ3v) is 3.80. The minimum atomic E-state index is -5.15. The summed E-state index contributed by atoms with van der Waals surface area (Å²) in [5, 5.41) is 2.10. The van der Waals surface area contributed by atoms with E-state index < -0.39 is 35.9 Å². The predicted octanol–water partition coefficient (Wildman–Crippen LogP) is 3.24. The molecule has 0 bridgehead atoms. The molecule has 0 spiro atoms. The predicted molar refractivity (Wildman–Crippen MR) is 98.9 cm³/mol. The molecule has 0 radical (unpaired) electrons. The van der Waals surface area contributed by atoms with Crippen LogP contribution in [0.4, 0.5) is 18.0 Å². The number of aromatic amines is 1. The Labute approximate surface area is 169 Å². The van der Waals surface area contributed by atoms with Crippen molar-refractivity contribution in [1.82, 2.24) is 10.3 Å². The van der Waals surface area contributed by atoms with Crippen molar-refractivity contribution in [2.24, 2.45) is 0 Å². The largest absolute Gasteiger partial charge is 0.514 e. The number of nitrogens with one attached hydrogen (secondary N) is 2. The van der Waals surface area contributed by atoms with E-state index in [0.717, 1.165) is 7.11 Å². The molecule has 1 aromatic heterocycles. The molecule has 8 nitrogen and oxygen atoms in total. The standard InChI is InChI=1S/C19H21F3N2O6/c1-18(2,3)30-17(27)29-11-5-6-13-12(8-11)10(9-23-13)7-14(15(25)28-4)24-16(26)19(20,21)22/h5-6,8-9,14,23H,7H2,1-4H3,(H,24,26)/t14-/m0/s1. The van der Waals surface area contributed by atoms with Crippen LogP contribution in [0.1, 0.15) is 26.3 Å². The maximum absolute atomic E-state index is 12.6. The molecule has 0 saturated heterocycles. The lowest BCUT2D eigenvalue weighted by Gasteiger charge is -2.18. The second-order valence-electron chi connectivity index (χ2n) is 7.34. The number of ether oxygens (including phenoxy) is 3. The van der Waals surface area contributed by atoms with E-state index in [4.69, 9.17) is 9.47 Å². The third-order valence-electron chi connectivity index (χ3n) is 3.80. The van der Waals surface area contributed by atoms with E-state index >= 15 is 0 Å². The highest BCUT2D eigenvalue weighted by Crippen LogP contribution is 2.26. The average molecular weight is 430 g/mol. The van der Waals surface area contributed by atoms with E-state index in [0.29, 0.717) is 16.5 Å². The number of fused-ring (bicyclic) bond motifs is 1. The fourth-order valence-electron chi connectivity index (χ4n) is 2.55. The van der Waals surface area contributed by atoms with Crippen molar-refractivity contribution in [2.45, 2.75) is 45.0 Å². The Balaban J connectivity index is 2.26. The molecule has 2 rings (SSSR count). The highest BCUT2D eigenvalue weighted by atomic mass is 19.4. The molecule has 11 heteroatoms. The zero-order valence-corrected chi connectivity index (χ0v) is 16.7. The number of esters is 1. The van der Waals surface area contributed by atoms with E-state index in [9.17, 15) is 27.6 Å². The fraction of sp³-hybridized carbons (Fsp3) is 0.421. The monoisotopic (exact) mass is 430 g/mol. The number of amides is 1.